The van der Waals surface area contributed by atoms with Crippen LogP contribution in [-0.4, -0.2) is 26.3 Å². The fraction of sp³-hybridized carbons (Fsp3) is 0.308. The molecule has 3 N–H and O–H groups in total. The number of azo groups is 1. The van der Waals surface area contributed by atoms with Gasteiger partial charge in [0, 0.05) is 31.5 Å². The van der Waals surface area contributed by atoms with Crippen molar-refractivity contribution in [3.63, 3.8) is 0 Å². The van der Waals surface area contributed by atoms with Crippen molar-refractivity contribution in [3.8, 4) is 0 Å². The lowest BCUT2D eigenvalue weighted by atomic mass is 10.1. The first-order valence-electron chi connectivity index (χ1n) is 5.80. The Kier molecular flexibility index (Phi) is 5.57. The SMILES string of the molecule is C=C(N=Nc1ccc(N(C)C)c(C)c1)SC(N)=[NH+]C. The van der Waals surface area contributed by atoms with Gasteiger partial charge in [-0.05, 0) is 30.7 Å². The van der Waals surface area contributed by atoms with E-state index in [9.17, 15) is 0 Å². The lowest BCUT2D eigenvalue weighted by Gasteiger charge is -2.15. The van der Waals surface area contributed by atoms with Gasteiger partial charge >= 0.3 is 5.17 Å². The van der Waals surface area contributed by atoms with Crippen molar-refractivity contribution in [3.05, 3.63) is 35.4 Å². The van der Waals surface area contributed by atoms with Crippen LogP contribution in [0.4, 0.5) is 11.4 Å². The van der Waals surface area contributed by atoms with Crippen molar-refractivity contribution in [2.24, 2.45) is 16.0 Å². The Balaban J connectivity index is 2.78. The smallest absolute Gasteiger partial charge is 0.308 e. The molecule has 5 nitrogen and oxygen atoms in total. The molecular weight excluding hydrogens is 258 g/mol. The Bertz CT molecular complexity index is 520. The van der Waals surface area contributed by atoms with Gasteiger partial charge in [0.05, 0.1) is 12.7 Å². The number of amidine groups is 1. The Morgan fingerprint density at radius 3 is 2.63 bits per heavy atom. The molecule has 0 aliphatic carbocycles. The zero-order valence-electron chi connectivity index (χ0n) is 11.8. The average molecular weight is 278 g/mol. The predicted octanol–water partition coefficient (Wildman–Crippen LogP) is 1.37. The van der Waals surface area contributed by atoms with E-state index >= 15 is 0 Å². The molecule has 0 unspecified atom stereocenters. The molecule has 0 aliphatic heterocycles. The zero-order chi connectivity index (χ0) is 14.4. The molecule has 1 aromatic rings. The van der Waals surface area contributed by atoms with Crippen LogP contribution in [0, 0.1) is 6.92 Å². The van der Waals surface area contributed by atoms with Gasteiger partial charge in [-0.1, -0.05) is 6.58 Å². The molecule has 0 amide bonds. The highest BCUT2D eigenvalue weighted by molar-refractivity contribution is 8.16. The molecule has 0 aromatic heterocycles. The molecule has 0 atom stereocenters. The normalized spacial score (nSPS) is 11.9. The van der Waals surface area contributed by atoms with E-state index in [0.29, 0.717) is 10.2 Å². The molecule has 0 bridgehead atoms. The van der Waals surface area contributed by atoms with E-state index in [1.54, 1.807) is 7.05 Å². The molecular formula is C13H20N5S+. The monoisotopic (exact) mass is 278 g/mol. The highest BCUT2D eigenvalue weighted by Gasteiger charge is 2.03. The van der Waals surface area contributed by atoms with Crippen LogP contribution in [-0.2, 0) is 0 Å². The largest absolute Gasteiger partial charge is 0.377 e. The molecule has 6 heteroatoms. The van der Waals surface area contributed by atoms with E-state index in [4.69, 9.17) is 5.73 Å². The van der Waals surface area contributed by atoms with Crippen LogP contribution in [0.1, 0.15) is 5.56 Å². The fourth-order valence-corrected chi connectivity index (χ4v) is 1.95. The number of rotatable bonds is 4. The summed E-state index contributed by atoms with van der Waals surface area (Å²) in [6.07, 6.45) is 0. The summed E-state index contributed by atoms with van der Waals surface area (Å²) in [5.74, 6) is 0. The number of nitrogens with one attached hydrogen (secondary N) is 1. The van der Waals surface area contributed by atoms with Crippen molar-refractivity contribution >= 4 is 28.3 Å². The second kappa shape index (κ2) is 6.94. The van der Waals surface area contributed by atoms with Crippen LogP contribution in [0.15, 0.2) is 40.0 Å². The highest BCUT2D eigenvalue weighted by atomic mass is 32.2. The second-order valence-electron chi connectivity index (χ2n) is 4.18. The first-order valence-corrected chi connectivity index (χ1v) is 6.62. The maximum atomic E-state index is 5.62. The zero-order valence-corrected chi connectivity index (χ0v) is 12.6. The molecule has 1 aromatic carbocycles. The first kappa shape index (κ1) is 15.2. The molecule has 0 heterocycles. The Hall–Kier alpha value is -1.82. The number of benzene rings is 1. The fourth-order valence-electron chi connectivity index (χ4n) is 1.52. The first-order chi connectivity index (χ1) is 8.93. The van der Waals surface area contributed by atoms with Crippen molar-refractivity contribution in [2.45, 2.75) is 6.92 Å². The van der Waals surface area contributed by atoms with E-state index < -0.39 is 0 Å². The van der Waals surface area contributed by atoms with E-state index in [0.717, 1.165) is 11.3 Å². The van der Waals surface area contributed by atoms with Gasteiger partial charge in [0.1, 0.15) is 5.03 Å². The van der Waals surface area contributed by atoms with Crippen LogP contribution in [0.5, 0.6) is 0 Å². The minimum atomic E-state index is 0.543. The van der Waals surface area contributed by atoms with Crippen molar-refractivity contribution in [1.82, 2.24) is 0 Å². The Morgan fingerprint density at radius 2 is 2.11 bits per heavy atom. The second-order valence-corrected chi connectivity index (χ2v) is 5.29. The molecule has 0 saturated carbocycles. The summed E-state index contributed by atoms with van der Waals surface area (Å²) >= 11 is 1.25. The number of anilines is 1. The van der Waals surface area contributed by atoms with Gasteiger partial charge in [-0.25, -0.2) is 0 Å². The molecule has 0 spiro atoms. The predicted molar refractivity (Wildman–Crippen MR) is 82.8 cm³/mol. The van der Waals surface area contributed by atoms with Gasteiger partial charge in [0.2, 0.25) is 0 Å². The number of nitrogens with zero attached hydrogens (tertiary/aromatic N) is 3. The molecule has 0 fully saturated rings. The topological polar surface area (TPSA) is 68.0 Å². The van der Waals surface area contributed by atoms with Gasteiger partial charge in [-0.15, -0.1) is 5.11 Å². The molecule has 1 rings (SSSR count). The maximum Gasteiger partial charge on any atom is 0.308 e. The molecule has 0 aliphatic rings. The third-order valence-electron chi connectivity index (χ3n) is 2.41. The number of hydrogen-bond acceptors (Lipinski definition) is 4. The average Bonchev–Trinajstić information content (AvgIpc) is 2.35. The van der Waals surface area contributed by atoms with E-state index in [-0.39, 0.29) is 0 Å². The van der Waals surface area contributed by atoms with Crippen LogP contribution in [0.3, 0.4) is 0 Å². The summed E-state index contributed by atoms with van der Waals surface area (Å²) in [5, 5.41) is 9.27. The van der Waals surface area contributed by atoms with Crippen molar-refractivity contribution in [2.75, 3.05) is 26.0 Å². The minimum absolute atomic E-state index is 0.543. The summed E-state index contributed by atoms with van der Waals surface area (Å²) < 4.78 is 0. The number of hydrogen-bond donors (Lipinski definition) is 2. The van der Waals surface area contributed by atoms with E-state index in [1.807, 2.05) is 39.2 Å². The summed E-state index contributed by atoms with van der Waals surface area (Å²) in [6, 6.07) is 5.94. The molecule has 0 radical (unpaired) electrons. The molecule has 19 heavy (non-hydrogen) atoms. The Labute approximate surface area is 118 Å². The highest BCUT2D eigenvalue weighted by Crippen LogP contribution is 2.25. The standard InChI is InChI=1S/C13H19N5S/c1-9-8-11(6-7-12(9)18(4)5)17-16-10(2)19-13(14)15-3/h6-8H,2H2,1,3-5H3,(H2,14,15)/p+1. The summed E-state index contributed by atoms with van der Waals surface area (Å²) in [4.78, 5) is 4.88. The van der Waals surface area contributed by atoms with Gasteiger partial charge in [0.25, 0.3) is 0 Å². The third-order valence-corrected chi connectivity index (χ3v) is 3.15. The van der Waals surface area contributed by atoms with Crippen LogP contribution < -0.4 is 15.6 Å². The van der Waals surface area contributed by atoms with Crippen LogP contribution in [0.25, 0.3) is 0 Å². The summed E-state index contributed by atoms with van der Waals surface area (Å²) in [6.45, 7) is 5.83. The molecule has 102 valence electrons. The van der Waals surface area contributed by atoms with Crippen molar-refractivity contribution in [1.29, 1.82) is 0 Å². The third kappa shape index (κ3) is 4.75. The van der Waals surface area contributed by atoms with Gasteiger partial charge < -0.3 is 4.90 Å². The quantitative estimate of drug-likeness (QED) is 0.496. The summed E-state index contributed by atoms with van der Waals surface area (Å²) in [5.41, 5.74) is 8.74. The lowest BCUT2D eigenvalue weighted by molar-refractivity contribution is -0.417. The maximum absolute atomic E-state index is 5.62. The number of aryl methyl sites for hydroxylation is 1. The number of nitrogens with two attached hydrogens (primary N) is 1. The molecule has 0 saturated heterocycles. The number of thioether (sulfide) groups is 1. The van der Waals surface area contributed by atoms with E-state index in [1.165, 1.54) is 17.4 Å². The van der Waals surface area contributed by atoms with Gasteiger partial charge in [0.15, 0.2) is 0 Å². The van der Waals surface area contributed by atoms with Crippen LogP contribution >= 0.6 is 11.8 Å². The van der Waals surface area contributed by atoms with Crippen LogP contribution in [0.2, 0.25) is 0 Å². The van der Waals surface area contributed by atoms with Gasteiger partial charge in [-0.2, -0.15) is 5.11 Å². The van der Waals surface area contributed by atoms with Crippen molar-refractivity contribution < 1.29 is 4.99 Å². The van der Waals surface area contributed by atoms with E-state index in [2.05, 4.69) is 26.7 Å². The minimum Gasteiger partial charge on any atom is -0.377 e. The Morgan fingerprint density at radius 1 is 1.42 bits per heavy atom. The van der Waals surface area contributed by atoms with Gasteiger partial charge in [-0.3, -0.25) is 10.7 Å². The lowest BCUT2D eigenvalue weighted by Crippen LogP contribution is -2.69. The summed E-state index contributed by atoms with van der Waals surface area (Å²) in [7, 11) is 5.77.